The van der Waals surface area contributed by atoms with E-state index in [-0.39, 0.29) is 5.56 Å². The topological polar surface area (TPSA) is 69.2 Å². The highest BCUT2D eigenvalue weighted by Gasteiger charge is 2.27. The molecule has 0 unspecified atom stereocenters. The van der Waals surface area contributed by atoms with E-state index in [1.807, 2.05) is 31.2 Å². The highest BCUT2D eigenvalue weighted by molar-refractivity contribution is 5.73. The fourth-order valence-electron chi connectivity index (χ4n) is 2.58. The summed E-state index contributed by atoms with van der Waals surface area (Å²) in [6, 6.07) is 7.54. The van der Waals surface area contributed by atoms with E-state index in [1.54, 1.807) is 0 Å². The third-order valence-corrected chi connectivity index (χ3v) is 3.98. The van der Waals surface area contributed by atoms with E-state index in [2.05, 4.69) is 14.9 Å². The normalized spacial score (nSPS) is 19.3. The fraction of sp³-hybridized carbons (Fsp3) is 0.467. The molecule has 5 nitrogen and oxygen atoms in total. The van der Waals surface area contributed by atoms with Crippen molar-refractivity contribution in [2.75, 3.05) is 13.1 Å². The number of piperidine rings is 1. The molecule has 0 amide bonds. The lowest BCUT2D eigenvalue weighted by Crippen LogP contribution is -2.42. The second-order valence-electron chi connectivity index (χ2n) is 5.80. The van der Waals surface area contributed by atoms with Crippen LogP contribution in [0.4, 0.5) is 0 Å². The first-order chi connectivity index (χ1) is 9.53. The molecule has 1 saturated heterocycles. The molecule has 2 aromatic rings. The van der Waals surface area contributed by atoms with Crippen molar-refractivity contribution in [1.29, 1.82) is 0 Å². The number of aromatic amines is 1. The van der Waals surface area contributed by atoms with Crippen molar-refractivity contribution in [3.8, 4) is 0 Å². The molecule has 0 saturated carbocycles. The van der Waals surface area contributed by atoms with E-state index < -0.39 is 5.60 Å². The molecule has 0 atom stereocenters. The number of hydrogen-bond donors (Lipinski definition) is 2. The number of nitrogens with one attached hydrogen (secondary N) is 1. The van der Waals surface area contributed by atoms with Crippen LogP contribution in [0.2, 0.25) is 0 Å². The quantitative estimate of drug-likeness (QED) is 0.864. The Kier molecular flexibility index (Phi) is 3.31. The number of aromatic nitrogens is 2. The van der Waals surface area contributed by atoms with Gasteiger partial charge < -0.3 is 10.1 Å². The van der Waals surface area contributed by atoms with Crippen LogP contribution in [0.5, 0.6) is 0 Å². The molecule has 1 aliphatic heterocycles. The van der Waals surface area contributed by atoms with Crippen molar-refractivity contribution < 1.29 is 5.11 Å². The van der Waals surface area contributed by atoms with Crippen molar-refractivity contribution >= 4 is 11.0 Å². The minimum atomic E-state index is -0.570. The maximum absolute atomic E-state index is 12.0. The third-order valence-electron chi connectivity index (χ3n) is 3.98. The first kappa shape index (κ1) is 13.3. The molecule has 0 radical (unpaired) electrons. The van der Waals surface area contributed by atoms with Crippen LogP contribution in [0.1, 0.15) is 25.5 Å². The number of H-pyrrole nitrogens is 1. The van der Waals surface area contributed by atoms with Gasteiger partial charge in [0.05, 0.1) is 16.6 Å². The van der Waals surface area contributed by atoms with Crippen molar-refractivity contribution in [2.45, 2.75) is 31.9 Å². The zero-order chi connectivity index (χ0) is 14.2. The van der Waals surface area contributed by atoms with Gasteiger partial charge in [-0.05, 0) is 31.9 Å². The average molecular weight is 273 g/mol. The van der Waals surface area contributed by atoms with Crippen molar-refractivity contribution in [2.24, 2.45) is 0 Å². The Hall–Kier alpha value is -1.72. The van der Waals surface area contributed by atoms with Gasteiger partial charge in [0.1, 0.15) is 5.69 Å². The molecule has 20 heavy (non-hydrogen) atoms. The number of para-hydroxylation sites is 2. The van der Waals surface area contributed by atoms with Gasteiger partial charge in [-0.15, -0.1) is 0 Å². The van der Waals surface area contributed by atoms with E-state index in [4.69, 9.17) is 0 Å². The van der Waals surface area contributed by atoms with Crippen LogP contribution in [-0.4, -0.2) is 38.7 Å². The number of nitrogens with zero attached hydrogens (tertiary/aromatic N) is 2. The molecule has 1 aliphatic rings. The maximum Gasteiger partial charge on any atom is 0.271 e. The second-order valence-corrected chi connectivity index (χ2v) is 5.80. The first-order valence-corrected chi connectivity index (χ1v) is 6.96. The van der Waals surface area contributed by atoms with Gasteiger partial charge in [0.25, 0.3) is 5.56 Å². The summed E-state index contributed by atoms with van der Waals surface area (Å²) in [5, 5.41) is 9.94. The van der Waals surface area contributed by atoms with Gasteiger partial charge in [-0.25, -0.2) is 4.98 Å². The molecule has 106 valence electrons. The Morgan fingerprint density at radius 2 is 2.05 bits per heavy atom. The van der Waals surface area contributed by atoms with E-state index in [0.717, 1.165) is 37.0 Å². The standard InChI is InChI=1S/C15H19N3O2/c1-15(20)6-8-18(9-7-15)10-13-14(19)17-12-5-3-2-4-11(12)16-13/h2-5,20H,6-10H2,1H3,(H,17,19). The van der Waals surface area contributed by atoms with E-state index in [0.29, 0.717) is 12.2 Å². The molecular weight excluding hydrogens is 254 g/mol. The van der Waals surface area contributed by atoms with Crippen LogP contribution < -0.4 is 5.56 Å². The largest absolute Gasteiger partial charge is 0.390 e. The van der Waals surface area contributed by atoms with Crippen LogP contribution in [0.15, 0.2) is 29.1 Å². The van der Waals surface area contributed by atoms with Crippen LogP contribution in [0.3, 0.4) is 0 Å². The predicted octanol–water partition coefficient (Wildman–Crippen LogP) is 1.27. The molecule has 1 fully saturated rings. The Labute approximate surface area is 117 Å². The summed E-state index contributed by atoms with van der Waals surface area (Å²) in [5.41, 5.74) is 1.43. The molecule has 1 aromatic carbocycles. The van der Waals surface area contributed by atoms with E-state index in [1.165, 1.54) is 0 Å². The number of aliphatic hydroxyl groups is 1. The summed E-state index contributed by atoms with van der Waals surface area (Å²) in [7, 11) is 0. The minimum absolute atomic E-state index is 0.124. The van der Waals surface area contributed by atoms with Crippen molar-refractivity contribution in [3.63, 3.8) is 0 Å². The first-order valence-electron chi connectivity index (χ1n) is 6.96. The van der Waals surface area contributed by atoms with Crippen molar-refractivity contribution in [3.05, 3.63) is 40.3 Å². The molecule has 0 aliphatic carbocycles. The molecular formula is C15H19N3O2. The zero-order valence-electron chi connectivity index (χ0n) is 11.6. The molecule has 2 N–H and O–H groups in total. The summed E-state index contributed by atoms with van der Waals surface area (Å²) in [6.45, 7) is 3.99. The smallest absolute Gasteiger partial charge is 0.271 e. The molecule has 0 bridgehead atoms. The van der Waals surface area contributed by atoms with E-state index in [9.17, 15) is 9.90 Å². The Bertz CT molecular complexity index is 668. The summed E-state index contributed by atoms with van der Waals surface area (Å²) in [5.74, 6) is 0. The van der Waals surface area contributed by atoms with Gasteiger partial charge in [0.2, 0.25) is 0 Å². The highest BCUT2D eigenvalue weighted by atomic mass is 16.3. The van der Waals surface area contributed by atoms with Gasteiger partial charge in [-0.2, -0.15) is 0 Å². The summed E-state index contributed by atoms with van der Waals surface area (Å²) >= 11 is 0. The fourth-order valence-corrected chi connectivity index (χ4v) is 2.58. The number of rotatable bonds is 2. The number of hydrogen-bond acceptors (Lipinski definition) is 4. The maximum atomic E-state index is 12.0. The lowest BCUT2D eigenvalue weighted by molar-refractivity contribution is -0.00764. The van der Waals surface area contributed by atoms with Gasteiger partial charge in [-0.3, -0.25) is 9.69 Å². The summed E-state index contributed by atoms with van der Waals surface area (Å²) < 4.78 is 0. The van der Waals surface area contributed by atoms with Crippen LogP contribution in [0.25, 0.3) is 11.0 Å². The third kappa shape index (κ3) is 2.73. The Morgan fingerprint density at radius 3 is 2.80 bits per heavy atom. The zero-order valence-corrected chi connectivity index (χ0v) is 11.6. The number of benzene rings is 1. The molecule has 2 heterocycles. The molecule has 1 aromatic heterocycles. The van der Waals surface area contributed by atoms with Gasteiger partial charge in [0, 0.05) is 19.6 Å². The molecule has 3 rings (SSSR count). The lowest BCUT2D eigenvalue weighted by atomic mass is 9.94. The Balaban J connectivity index is 1.81. The molecule has 5 heteroatoms. The number of fused-ring (bicyclic) bond motifs is 1. The van der Waals surface area contributed by atoms with Crippen LogP contribution >= 0.6 is 0 Å². The van der Waals surface area contributed by atoms with E-state index >= 15 is 0 Å². The monoisotopic (exact) mass is 273 g/mol. The second kappa shape index (κ2) is 5.00. The van der Waals surface area contributed by atoms with Crippen LogP contribution in [-0.2, 0) is 6.54 Å². The number of likely N-dealkylation sites (tertiary alicyclic amines) is 1. The average Bonchev–Trinajstić information content (AvgIpc) is 2.42. The van der Waals surface area contributed by atoms with Gasteiger partial charge >= 0.3 is 0 Å². The lowest BCUT2D eigenvalue weighted by Gasteiger charge is -2.35. The summed E-state index contributed by atoms with van der Waals surface area (Å²) in [6.07, 6.45) is 1.47. The SMILES string of the molecule is CC1(O)CCN(Cc2nc3ccccc3[nH]c2=O)CC1. The Morgan fingerprint density at radius 1 is 1.35 bits per heavy atom. The predicted molar refractivity (Wildman–Crippen MR) is 77.5 cm³/mol. The van der Waals surface area contributed by atoms with Crippen LogP contribution in [0, 0.1) is 0 Å². The van der Waals surface area contributed by atoms with Gasteiger partial charge in [0.15, 0.2) is 0 Å². The highest BCUT2D eigenvalue weighted by Crippen LogP contribution is 2.21. The van der Waals surface area contributed by atoms with Crippen molar-refractivity contribution in [1.82, 2.24) is 14.9 Å². The summed E-state index contributed by atoms with van der Waals surface area (Å²) in [4.78, 5) is 21.5. The molecule has 0 spiro atoms. The minimum Gasteiger partial charge on any atom is -0.390 e. The van der Waals surface area contributed by atoms with Gasteiger partial charge in [-0.1, -0.05) is 12.1 Å².